The molecule has 4 aromatic rings. The molecule has 1 aliphatic rings. The first kappa shape index (κ1) is 22.3. The van der Waals surface area contributed by atoms with Gasteiger partial charge in [0.2, 0.25) is 5.76 Å². The lowest BCUT2D eigenvalue weighted by Gasteiger charge is -2.26. The van der Waals surface area contributed by atoms with Gasteiger partial charge in [0.25, 0.3) is 5.91 Å². The summed E-state index contributed by atoms with van der Waals surface area (Å²) in [4.78, 5) is 28.8. The molecule has 0 fully saturated rings. The first-order chi connectivity index (χ1) is 16.4. The molecule has 1 atom stereocenters. The predicted molar refractivity (Wildman–Crippen MR) is 132 cm³/mol. The summed E-state index contributed by atoms with van der Waals surface area (Å²) in [7, 11) is 1.51. The normalized spacial score (nSPS) is 15.0. The Morgan fingerprint density at radius 2 is 1.76 bits per heavy atom. The fourth-order valence-corrected chi connectivity index (χ4v) is 4.67. The lowest BCUT2D eigenvalue weighted by molar-refractivity contribution is 0.0971. The van der Waals surface area contributed by atoms with Crippen LogP contribution in [0, 0.1) is 0 Å². The molecule has 1 aliphatic heterocycles. The first-order valence-electron chi connectivity index (χ1n) is 10.6. The standard InChI is InChI=1S/C26H19Cl2NO5/c1-3-33-17-8-4-14(5-9-17)23-22-24(30)18-12-15(27)6-10-20(18)34-25(22)26(31)29(23)16-7-11-21(32-2)19(28)13-16/h4-13,23H,3H2,1-2H3. The van der Waals surface area contributed by atoms with Crippen LogP contribution in [0.4, 0.5) is 5.69 Å². The Hall–Kier alpha value is -3.48. The first-order valence-corrected chi connectivity index (χ1v) is 11.3. The van der Waals surface area contributed by atoms with Crippen LogP contribution >= 0.6 is 23.2 Å². The molecule has 8 heteroatoms. The summed E-state index contributed by atoms with van der Waals surface area (Å²) in [5.41, 5.74) is 1.45. The van der Waals surface area contributed by atoms with E-state index in [4.69, 9.17) is 37.1 Å². The summed E-state index contributed by atoms with van der Waals surface area (Å²) in [6.45, 7) is 2.42. The van der Waals surface area contributed by atoms with Crippen molar-refractivity contribution in [1.82, 2.24) is 0 Å². The molecule has 0 bridgehead atoms. The van der Waals surface area contributed by atoms with E-state index in [1.807, 2.05) is 19.1 Å². The highest BCUT2D eigenvalue weighted by Gasteiger charge is 2.43. The molecular weight excluding hydrogens is 477 g/mol. The highest BCUT2D eigenvalue weighted by molar-refractivity contribution is 6.32. The van der Waals surface area contributed by atoms with Gasteiger partial charge >= 0.3 is 0 Å². The maximum absolute atomic E-state index is 13.6. The Labute approximate surface area is 205 Å². The minimum atomic E-state index is -0.734. The van der Waals surface area contributed by atoms with E-state index in [0.29, 0.717) is 44.8 Å². The second-order valence-electron chi connectivity index (χ2n) is 7.71. The summed E-state index contributed by atoms with van der Waals surface area (Å²) < 4.78 is 16.8. The number of ether oxygens (including phenoxy) is 2. The topological polar surface area (TPSA) is 69.0 Å². The van der Waals surface area contributed by atoms with Crippen molar-refractivity contribution in [1.29, 1.82) is 0 Å². The van der Waals surface area contributed by atoms with Crippen LogP contribution in [0.5, 0.6) is 11.5 Å². The zero-order chi connectivity index (χ0) is 24.0. The van der Waals surface area contributed by atoms with E-state index in [2.05, 4.69) is 0 Å². The van der Waals surface area contributed by atoms with Crippen molar-refractivity contribution in [2.24, 2.45) is 0 Å². The quantitative estimate of drug-likeness (QED) is 0.327. The monoisotopic (exact) mass is 495 g/mol. The van der Waals surface area contributed by atoms with Gasteiger partial charge in [0.15, 0.2) is 5.43 Å². The number of carbonyl (C=O) groups is 1. The number of methoxy groups -OCH3 is 1. The summed E-state index contributed by atoms with van der Waals surface area (Å²) in [6, 6.07) is 16.3. The second-order valence-corrected chi connectivity index (χ2v) is 8.56. The molecule has 0 spiro atoms. The van der Waals surface area contributed by atoms with E-state index < -0.39 is 11.9 Å². The van der Waals surface area contributed by atoms with Crippen LogP contribution in [0.2, 0.25) is 10.0 Å². The van der Waals surface area contributed by atoms with E-state index in [0.717, 1.165) is 5.56 Å². The van der Waals surface area contributed by atoms with Crippen LogP contribution in [0.25, 0.3) is 11.0 Å². The van der Waals surface area contributed by atoms with Gasteiger partial charge in [-0.25, -0.2) is 0 Å². The number of hydrogen-bond donors (Lipinski definition) is 0. The van der Waals surface area contributed by atoms with Crippen LogP contribution in [-0.2, 0) is 0 Å². The number of anilines is 1. The lowest BCUT2D eigenvalue weighted by Crippen LogP contribution is -2.29. The van der Waals surface area contributed by atoms with Gasteiger partial charge in [-0.05, 0) is 61.0 Å². The summed E-state index contributed by atoms with van der Waals surface area (Å²) in [5.74, 6) is 0.712. The molecule has 0 radical (unpaired) electrons. The molecule has 3 aromatic carbocycles. The van der Waals surface area contributed by atoms with Crippen LogP contribution in [-0.4, -0.2) is 19.6 Å². The van der Waals surface area contributed by atoms with Crippen molar-refractivity contribution in [3.63, 3.8) is 0 Å². The van der Waals surface area contributed by atoms with Crippen molar-refractivity contribution in [2.75, 3.05) is 18.6 Å². The molecule has 1 unspecified atom stereocenters. The number of nitrogens with zero attached hydrogens (tertiary/aromatic N) is 1. The maximum Gasteiger partial charge on any atom is 0.295 e. The molecule has 2 heterocycles. The van der Waals surface area contributed by atoms with Gasteiger partial charge in [-0.3, -0.25) is 14.5 Å². The van der Waals surface area contributed by atoms with Crippen LogP contribution in [0.3, 0.4) is 0 Å². The van der Waals surface area contributed by atoms with Gasteiger partial charge in [-0.1, -0.05) is 35.3 Å². The van der Waals surface area contributed by atoms with E-state index in [-0.39, 0.29) is 16.8 Å². The summed E-state index contributed by atoms with van der Waals surface area (Å²) in [6.07, 6.45) is 0. The van der Waals surface area contributed by atoms with Gasteiger partial charge in [0.05, 0.1) is 35.7 Å². The molecule has 6 nitrogen and oxygen atoms in total. The highest BCUT2D eigenvalue weighted by Crippen LogP contribution is 2.43. The molecule has 5 rings (SSSR count). The third-order valence-corrected chi connectivity index (χ3v) is 6.28. The molecule has 0 aliphatic carbocycles. The molecule has 0 saturated carbocycles. The van der Waals surface area contributed by atoms with E-state index in [1.165, 1.54) is 12.0 Å². The number of carbonyl (C=O) groups excluding carboxylic acids is 1. The Balaban J connectivity index is 1.75. The minimum Gasteiger partial charge on any atom is -0.495 e. The predicted octanol–water partition coefficient (Wildman–Crippen LogP) is 6.26. The fourth-order valence-electron chi connectivity index (χ4n) is 4.24. The number of amides is 1. The van der Waals surface area contributed by atoms with Gasteiger partial charge in [-0.2, -0.15) is 0 Å². The molecule has 1 aromatic heterocycles. The summed E-state index contributed by atoms with van der Waals surface area (Å²) in [5, 5.41) is 1.05. The highest BCUT2D eigenvalue weighted by atomic mass is 35.5. The molecule has 0 N–H and O–H groups in total. The third-order valence-electron chi connectivity index (χ3n) is 5.75. The van der Waals surface area contributed by atoms with Gasteiger partial charge in [0.1, 0.15) is 17.1 Å². The molecular formula is C26H19Cl2NO5. The van der Waals surface area contributed by atoms with Crippen molar-refractivity contribution < 1.29 is 18.7 Å². The maximum atomic E-state index is 13.6. The van der Waals surface area contributed by atoms with Crippen molar-refractivity contribution in [3.05, 3.63) is 97.8 Å². The molecule has 0 saturated heterocycles. The average molecular weight is 496 g/mol. The zero-order valence-corrected chi connectivity index (χ0v) is 19.8. The Morgan fingerprint density at radius 3 is 2.44 bits per heavy atom. The Kier molecular flexibility index (Phi) is 5.71. The largest absolute Gasteiger partial charge is 0.495 e. The lowest BCUT2D eigenvalue weighted by atomic mass is 9.98. The minimum absolute atomic E-state index is 0.00866. The SMILES string of the molecule is CCOc1ccc(C2c3c(oc4ccc(Cl)cc4c3=O)C(=O)N2c2ccc(OC)c(Cl)c2)cc1. The number of hydrogen-bond acceptors (Lipinski definition) is 5. The van der Waals surface area contributed by atoms with Crippen molar-refractivity contribution >= 4 is 45.8 Å². The Bertz CT molecular complexity index is 1480. The number of benzene rings is 3. The van der Waals surface area contributed by atoms with Gasteiger partial charge in [-0.15, -0.1) is 0 Å². The van der Waals surface area contributed by atoms with Crippen molar-refractivity contribution in [2.45, 2.75) is 13.0 Å². The second kappa shape index (κ2) is 8.70. The van der Waals surface area contributed by atoms with Crippen LogP contribution in [0.15, 0.2) is 69.9 Å². The third kappa shape index (κ3) is 3.59. The van der Waals surface area contributed by atoms with Crippen LogP contribution < -0.4 is 19.8 Å². The number of halogens is 2. The van der Waals surface area contributed by atoms with Crippen LogP contribution in [0.1, 0.15) is 34.6 Å². The van der Waals surface area contributed by atoms with E-state index in [1.54, 1.807) is 48.5 Å². The summed E-state index contributed by atoms with van der Waals surface area (Å²) >= 11 is 12.5. The van der Waals surface area contributed by atoms with E-state index >= 15 is 0 Å². The number of rotatable bonds is 5. The van der Waals surface area contributed by atoms with E-state index in [9.17, 15) is 9.59 Å². The molecule has 1 amide bonds. The van der Waals surface area contributed by atoms with Gasteiger partial charge < -0.3 is 13.9 Å². The zero-order valence-electron chi connectivity index (χ0n) is 18.3. The van der Waals surface area contributed by atoms with Crippen molar-refractivity contribution in [3.8, 4) is 11.5 Å². The smallest absolute Gasteiger partial charge is 0.295 e. The Morgan fingerprint density at radius 1 is 1.00 bits per heavy atom. The van der Waals surface area contributed by atoms with Gasteiger partial charge in [0, 0.05) is 10.7 Å². The molecule has 34 heavy (non-hydrogen) atoms. The number of fused-ring (bicyclic) bond motifs is 2. The fraction of sp³-hybridized carbons (Fsp3) is 0.154. The molecule has 172 valence electrons. The average Bonchev–Trinajstić information content (AvgIpc) is 3.13.